The number of halogens is 1. The molecule has 0 radical (unpaired) electrons. The lowest BCUT2D eigenvalue weighted by atomic mass is 10.2. The van der Waals surface area contributed by atoms with Crippen LogP contribution in [0.15, 0.2) is 52.3 Å². The quantitative estimate of drug-likeness (QED) is 0.693. The van der Waals surface area contributed by atoms with Gasteiger partial charge < -0.3 is 10.1 Å². The van der Waals surface area contributed by atoms with E-state index in [0.717, 1.165) is 22.3 Å². The predicted octanol–water partition coefficient (Wildman–Crippen LogP) is 4.96. The van der Waals surface area contributed by atoms with Gasteiger partial charge in [-0.1, -0.05) is 30.3 Å². The van der Waals surface area contributed by atoms with Crippen molar-refractivity contribution in [3.63, 3.8) is 0 Å². The Bertz CT molecular complexity index is 753. The van der Waals surface area contributed by atoms with Crippen molar-refractivity contribution in [3.8, 4) is 5.75 Å². The molecule has 3 rings (SSSR count). The van der Waals surface area contributed by atoms with Crippen molar-refractivity contribution in [2.24, 2.45) is 0 Å². The first kappa shape index (κ1) is 14.6. The molecule has 0 saturated carbocycles. The molecule has 3 aromatic rings. The molecule has 0 atom stereocenters. The molecule has 0 saturated heterocycles. The van der Waals surface area contributed by atoms with Crippen LogP contribution in [0.1, 0.15) is 11.1 Å². The van der Waals surface area contributed by atoms with E-state index in [1.165, 1.54) is 15.6 Å². The van der Waals surface area contributed by atoms with Crippen molar-refractivity contribution >= 4 is 37.4 Å². The lowest BCUT2D eigenvalue weighted by Crippen LogP contribution is -2.07. The molecule has 1 heterocycles. The van der Waals surface area contributed by atoms with E-state index in [0.29, 0.717) is 6.61 Å². The molecular weight excluding hydrogens is 346 g/mol. The van der Waals surface area contributed by atoms with Gasteiger partial charge in [-0.2, -0.15) is 0 Å². The van der Waals surface area contributed by atoms with E-state index in [2.05, 4.69) is 57.0 Å². The number of thiophene rings is 1. The molecule has 4 heteroatoms. The van der Waals surface area contributed by atoms with Crippen LogP contribution in [0.25, 0.3) is 10.1 Å². The first-order valence-corrected chi connectivity index (χ1v) is 8.46. The molecule has 1 N–H and O–H groups in total. The fourth-order valence-electron chi connectivity index (χ4n) is 2.34. The van der Waals surface area contributed by atoms with E-state index in [1.807, 2.05) is 19.2 Å². The number of ether oxygens (including phenoxy) is 1. The second-order valence-corrected chi connectivity index (χ2v) is 6.57. The highest BCUT2D eigenvalue weighted by Gasteiger charge is 2.09. The highest BCUT2D eigenvalue weighted by Crippen LogP contribution is 2.32. The van der Waals surface area contributed by atoms with Crippen LogP contribution in [0.3, 0.4) is 0 Å². The van der Waals surface area contributed by atoms with E-state index in [4.69, 9.17) is 4.74 Å². The summed E-state index contributed by atoms with van der Waals surface area (Å²) in [5.74, 6) is 0.919. The van der Waals surface area contributed by atoms with Gasteiger partial charge in [-0.05, 0) is 45.9 Å². The molecule has 0 amide bonds. The fraction of sp³-hybridized carbons (Fsp3) is 0.176. The minimum absolute atomic E-state index is 0.587. The number of rotatable bonds is 5. The largest absolute Gasteiger partial charge is 0.487 e. The zero-order valence-corrected chi connectivity index (χ0v) is 14.1. The van der Waals surface area contributed by atoms with Crippen molar-refractivity contribution in [1.82, 2.24) is 5.32 Å². The van der Waals surface area contributed by atoms with Gasteiger partial charge in [-0.15, -0.1) is 11.3 Å². The van der Waals surface area contributed by atoms with Gasteiger partial charge >= 0.3 is 0 Å². The Hall–Kier alpha value is -1.36. The number of hydrogen-bond donors (Lipinski definition) is 1. The van der Waals surface area contributed by atoms with E-state index in [-0.39, 0.29) is 0 Å². The van der Waals surface area contributed by atoms with Crippen LogP contribution in [0.5, 0.6) is 5.75 Å². The van der Waals surface area contributed by atoms with E-state index in [1.54, 1.807) is 11.3 Å². The SMILES string of the molecule is CNCc1cccc(Br)c1OCc1csc2ccccc12. The summed E-state index contributed by atoms with van der Waals surface area (Å²) in [6.07, 6.45) is 0. The summed E-state index contributed by atoms with van der Waals surface area (Å²) >= 11 is 5.34. The highest BCUT2D eigenvalue weighted by atomic mass is 79.9. The molecule has 0 spiro atoms. The Balaban J connectivity index is 1.85. The maximum atomic E-state index is 6.09. The van der Waals surface area contributed by atoms with Crippen molar-refractivity contribution in [1.29, 1.82) is 0 Å². The first-order chi connectivity index (χ1) is 10.3. The predicted molar refractivity (Wildman–Crippen MR) is 93.1 cm³/mol. The molecule has 0 bridgehead atoms. The van der Waals surface area contributed by atoms with Crippen LogP contribution in [-0.4, -0.2) is 7.05 Å². The summed E-state index contributed by atoms with van der Waals surface area (Å²) in [5, 5.41) is 6.64. The van der Waals surface area contributed by atoms with Crippen LogP contribution in [-0.2, 0) is 13.2 Å². The van der Waals surface area contributed by atoms with Gasteiger partial charge in [0.2, 0.25) is 0 Å². The fourth-order valence-corrected chi connectivity index (χ4v) is 3.81. The summed E-state index contributed by atoms with van der Waals surface area (Å²) in [6, 6.07) is 14.6. The van der Waals surface area contributed by atoms with Gasteiger partial charge in [0.05, 0.1) is 4.47 Å². The second kappa shape index (κ2) is 6.60. The number of nitrogens with one attached hydrogen (secondary N) is 1. The Morgan fingerprint density at radius 2 is 1.95 bits per heavy atom. The van der Waals surface area contributed by atoms with Crippen molar-refractivity contribution in [3.05, 3.63) is 63.4 Å². The third kappa shape index (κ3) is 3.12. The standard InChI is InChI=1S/C17H16BrNOS/c1-19-9-12-5-4-7-15(18)17(12)20-10-13-11-21-16-8-3-2-6-14(13)16/h2-8,11,19H,9-10H2,1H3. The van der Waals surface area contributed by atoms with Gasteiger partial charge in [0.15, 0.2) is 0 Å². The van der Waals surface area contributed by atoms with Crippen molar-refractivity contribution in [2.75, 3.05) is 7.05 Å². The average molecular weight is 362 g/mol. The lowest BCUT2D eigenvalue weighted by Gasteiger charge is -2.13. The van der Waals surface area contributed by atoms with Crippen molar-refractivity contribution in [2.45, 2.75) is 13.2 Å². The second-order valence-electron chi connectivity index (χ2n) is 4.80. The Morgan fingerprint density at radius 3 is 2.81 bits per heavy atom. The summed E-state index contributed by atoms with van der Waals surface area (Å²) in [7, 11) is 1.94. The molecule has 0 aliphatic heterocycles. The Kier molecular flexibility index (Phi) is 4.58. The maximum Gasteiger partial charge on any atom is 0.138 e. The number of para-hydroxylation sites is 1. The number of benzene rings is 2. The van der Waals surface area contributed by atoms with Crippen LogP contribution < -0.4 is 10.1 Å². The average Bonchev–Trinajstić information content (AvgIpc) is 2.90. The van der Waals surface area contributed by atoms with Crippen LogP contribution >= 0.6 is 27.3 Å². The third-order valence-corrected chi connectivity index (χ3v) is 4.99. The number of hydrogen-bond acceptors (Lipinski definition) is 3. The summed E-state index contributed by atoms with van der Waals surface area (Å²) in [5.41, 5.74) is 2.40. The Morgan fingerprint density at radius 1 is 1.10 bits per heavy atom. The molecular formula is C17H16BrNOS. The zero-order valence-electron chi connectivity index (χ0n) is 11.7. The van der Waals surface area contributed by atoms with Crippen molar-refractivity contribution < 1.29 is 4.74 Å². The van der Waals surface area contributed by atoms with Gasteiger partial charge in [-0.3, -0.25) is 0 Å². The first-order valence-electron chi connectivity index (χ1n) is 6.79. The van der Waals surface area contributed by atoms with E-state index < -0.39 is 0 Å². The van der Waals surface area contributed by atoms with E-state index >= 15 is 0 Å². The van der Waals surface area contributed by atoms with Gasteiger partial charge in [0.25, 0.3) is 0 Å². The Labute approximate surface area is 136 Å². The molecule has 108 valence electrons. The highest BCUT2D eigenvalue weighted by molar-refractivity contribution is 9.10. The topological polar surface area (TPSA) is 21.3 Å². The molecule has 2 nitrogen and oxygen atoms in total. The molecule has 0 fully saturated rings. The molecule has 0 unspecified atom stereocenters. The van der Waals surface area contributed by atoms with Gasteiger partial charge in [0.1, 0.15) is 12.4 Å². The smallest absolute Gasteiger partial charge is 0.138 e. The van der Waals surface area contributed by atoms with Crippen LogP contribution in [0.4, 0.5) is 0 Å². The van der Waals surface area contributed by atoms with Crippen LogP contribution in [0, 0.1) is 0 Å². The third-order valence-electron chi connectivity index (χ3n) is 3.35. The molecule has 0 aliphatic rings. The molecule has 21 heavy (non-hydrogen) atoms. The molecule has 2 aromatic carbocycles. The summed E-state index contributed by atoms with van der Waals surface area (Å²) in [6.45, 7) is 1.38. The molecule has 1 aromatic heterocycles. The van der Waals surface area contributed by atoms with Gasteiger partial charge in [-0.25, -0.2) is 0 Å². The lowest BCUT2D eigenvalue weighted by molar-refractivity contribution is 0.302. The van der Waals surface area contributed by atoms with E-state index in [9.17, 15) is 0 Å². The normalized spacial score (nSPS) is 11.0. The van der Waals surface area contributed by atoms with Gasteiger partial charge in [0, 0.05) is 22.4 Å². The minimum atomic E-state index is 0.587. The zero-order chi connectivity index (χ0) is 14.7. The monoisotopic (exact) mass is 361 g/mol. The van der Waals surface area contributed by atoms with Crippen LogP contribution in [0.2, 0.25) is 0 Å². The molecule has 0 aliphatic carbocycles. The maximum absolute atomic E-state index is 6.09. The number of fused-ring (bicyclic) bond motifs is 1. The summed E-state index contributed by atoms with van der Waals surface area (Å²) in [4.78, 5) is 0. The summed E-state index contributed by atoms with van der Waals surface area (Å²) < 4.78 is 8.39. The minimum Gasteiger partial charge on any atom is -0.487 e.